The van der Waals surface area contributed by atoms with Crippen LogP contribution in [-0.4, -0.2) is 19.7 Å². The van der Waals surface area contributed by atoms with Crippen LogP contribution in [0.15, 0.2) is 11.6 Å². The molecular weight excluding hydrogens is 174 g/mol. The summed E-state index contributed by atoms with van der Waals surface area (Å²) < 4.78 is 25.3. The second-order valence-corrected chi connectivity index (χ2v) is 4.02. The summed E-state index contributed by atoms with van der Waals surface area (Å²) in [5.41, 5.74) is 0. The van der Waals surface area contributed by atoms with Gasteiger partial charge in [0.05, 0.1) is 6.26 Å². The molecule has 0 aliphatic carbocycles. The van der Waals surface area contributed by atoms with Gasteiger partial charge in [-0.15, -0.1) is 0 Å². The molecule has 0 amide bonds. The van der Waals surface area contributed by atoms with E-state index in [0.717, 1.165) is 17.6 Å². The molecule has 0 saturated heterocycles. The third kappa shape index (κ3) is 2.32. The molecule has 1 heterocycles. The fraction of sp³-hybridized carbons (Fsp3) is 0.250. The number of rotatable bonds is 2. The van der Waals surface area contributed by atoms with Crippen molar-refractivity contribution < 1.29 is 12.6 Å². The van der Waals surface area contributed by atoms with Crippen LogP contribution in [0.3, 0.4) is 0 Å². The summed E-state index contributed by atoms with van der Waals surface area (Å²) in [5.74, 6) is 0. The summed E-state index contributed by atoms with van der Waals surface area (Å²) >= 11 is 1.14. The lowest BCUT2D eigenvalue weighted by molar-refractivity contribution is 0.491. The normalized spacial score (nSPS) is 11.3. The van der Waals surface area contributed by atoms with E-state index in [4.69, 9.17) is 0 Å². The average molecular weight is 179 g/mol. The SMILES string of the molecule is CS(=O)(=O)Oc1nccs1. The highest BCUT2D eigenvalue weighted by atomic mass is 32.2. The molecule has 0 aliphatic rings. The van der Waals surface area contributed by atoms with E-state index in [1.807, 2.05) is 0 Å². The van der Waals surface area contributed by atoms with Gasteiger partial charge in [0.15, 0.2) is 0 Å². The Bertz CT molecular complexity index is 288. The number of nitrogens with zero attached hydrogens (tertiary/aromatic N) is 1. The predicted molar refractivity (Wildman–Crippen MR) is 37.6 cm³/mol. The Labute approximate surface area is 62.6 Å². The van der Waals surface area contributed by atoms with Crippen LogP contribution in [0.2, 0.25) is 0 Å². The van der Waals surface area contributed by atoms with Crippen molar-refractivity contribution in [3.8, 4) is 5.19 Å². The molecule has 0 bridgehead atoms. The van der Waals surface area contributed by atoms with Gasteiger partial charge in [-0.3, -0.25) is 0 Å². The van der Waals surface area contributed by atoms with Crippen LogP contribution < -0.4 is 4.18 Å². The minimum absolute atomic E-state index is 0.155. The van der Waals surface area contributed by atoms with Crippen molar-refractivity contribution in [1.82, 2.24) is 4.98 Å². The van der Waals surface area contributed by atoms with Crippen molar-refractivity contribution in [2.45, 2.75) is 0 Å². The maximum atomic E-state index is 10.4. The van der Waals surface area contributed by atoms with Crippen molar-refractivity contribution in [3.05, 3.63) is 11.6 Å². The second kappa shape index (κ2) is 2.55. The highest BCUT2D eigenvalue weighted by Gasteiger charge is 2.04. The Balaban J connectivity index is 2.75. The Morgan fingerprint density at radius 2 is 2.40 bits per heavy atom. The fourth-order valence-electron chi connectivity index (χ4n) is 0.381. The Hall–Kier alpha value is -0.620. The Morgan fingerprint density at radius 1 is 1.70 bits per heavy atom. The molecule has 0 unspecified atom stereocenters. The van der Waals surface area contributed by atoms with E-state index in [0.29, 0.717) is 0 Å². The van der Waals surface area contributed by atoms with Crippen molar-refractivity contribution in [2.24, 2.45) is 0 Å². The molecule has 0 atom stereocenters. The van der Waals surface area contributed by atoms with Gasteiger partial charge in [0, 0.05) is 11.6 Å². The molecule has 56 valence electrons. The van der Waals surface area contributed by atoms with Gasteiger partial charge in [-0.1, -0.05) is 11.3 Å². The van der Waals surface area contributed by atoms with Gasteiger partial charge in [-0.2, -0.15) is 8.42 Å². The van der Waals surface area contributed by atoms with Crippen molar-refractivity contribution >= 4 is 21.5 Å². The minimum Gasteiger partial charge on any atom is -0.352 e. The first-order valence-corrected chi connectivity index (χ1v) is 5.06. The molecule has 0 N–H and O–H groups in total. The lowest BCUT2D eigenvalue weighted by Crippen LogP contribution is -2.04. The third-order valence-corrected chi connectivity index (χ3v) is 1.85. The van der Waals surface area contributed by atoms with Crippen LogP contribution in [0, 0.1) is 0 Å². The standard InChI is InChI=1S/C4H5NO3S2/c1-10(6,7)8-4-5-2-3-9-4/h2-3H,1H3. The van der Waals surface area contributed by atoms with Crippen LogP contribution in [0.4, 0.5) is 0 Å². The summed E-state index contributed by atoms with van der Waals surface area (Å²) in [6, 6.07) is 0. The zero-order chi connectivity index (χ0) is 7.61. The number of hydrogen-bond donors (Lipinski definition) is 0. The smallest absolute Gasteiger partial charge is 0.308 e. The quantitative estimate of drug-likeness (QED) is 0.620. The molecule has 0 aliphatic heterocycles. The zero-order valence-electron chi connectivity index (χ0n) is 5.14. The molecule has 0 fully saturated rings. The highest BCUT2D eigenvalue weighted by Crippen LogP contribution is 2.14. The molecule has 0 saturated carbocycles. The van der Waals surface area contributed by atoms with Gasteiger partial charge in [0.2, 0.25) is 0 Å². The molecule has 0 radical (unpaired) electrons. The molecule has 0 spiro atoms. The summed E-state index contributed by atoms with van der Waals surface area (Å²) in [6.45, 7) is 0. The van der Waals surface area contributed by atoms with E-state index in [9.17, 15) is 8.42 Å². The molecule has 6 heteroatoms. The van der Waals surface area contributed by atoms with Crippen LogP contribution in [0.5, 0.6) is 5.19 Å². The maximum Gasteiger partial charge on any atom is 0.308 e. The van der Waals surface area contributed by atoms with Gasteiger partial charge < -0.3 is 4.18 Å². The second-order valence-electron chi connectivity index (χ2n) is 1.59. The first-order chi connectivity index (χ1) is 4.58. The zero-order valence-corrected chi connectivity index (χ0v) is 6.78. The number of thiazole rings is 1. The van der Waals surface area contributed by atoms with E-state index >= 15 is 0 Å². The van der Waals surface area contributed by atoms with Crippen LogP contribution in [0.1, 0.15) is 0 Å². The molecular formula is C4H5NO3S2. The van der Waals surface area contributed by atoms with E-state index in [1.165, 1.54) is 6.20 Å². The van der Waals surface area contributed by atoms with Crippen molar-refractivity contribution in [3.63, 3.8) is 0 Å². The monoisotopic (exact) mass is 179 g/mol. The fourth-order valence-corrected chi connectivity index (χ4v) is 1.57. The summed E-state index contributed by atoms with van der Waals surface area (Å²) in [7, 11) is -3.40. The summed E-state index contributed by atoms with van der Waals surface area (Å²) in [6.07, 6.45) is 2.46. The number of aromatic nitrogens is 1. The van der Waals surface area contributed by atoms with E-state index < -0.39 is 10.1 Å². The molecule has 0 aromatic carbocycles. The average Bonchev–Trinajstić information content (AvgIpc) is 2.12. The minimum atomic E-state index is -3.40. The van der Waals surface area contributed by atoms with E-state index in [-0.39, 0.29) is 5.19 Å². The Morgan fingerprint density at radius 3 is 2.80 bits per heavy atom. The molecule has 1 rings (SSSR count). The van der Waals surface area contributed by atoms with Crippen LogP contribution >= 0.6 is 11.3 Å². The first kappa shape index (κ1) is 7.49. The molecule has 10 heavy (non-hydrogen) atoms. The molecule has 4 nitrogen and oxygen atoms in total. The Kier molecular flexibility index (Phi) is 1.91. The van der Waals surface area contributed by atoms with Crippen molar-refractivity contribution in [1.29, 1.82) is 0 Å². The van der Waals surface area contributed by atoms with Gasteiger partial charge >= 0.3 is 10.1 Å². The lowest BCUT2D eigenvalue weighted by atomic mass is 11.0. The molecule has 1 aromatic rings. The van der Waals surface area contributed by atoms with Gasteiger partial charge in [-0.05, 0) is 0 Å². The topological polar surface area (TPSA) is 56.3 Å². The first-order valence-electron chi connectivity index (χ1n) is 2.37. The number of hydrogen-bond acceptors (Lipinski definition) is 5. The van der Waals surface area contributed by atoms with Crippen molar-refractivity contribution in [2.75, 3.05) is 6.26 Å². The summed E-state index contributed by atoms with van der Waals surface area (Å²) in [4.78, 5) is 3.62. The van der Waals surface area contributed by atoms with Crippen LogP contribution in [0.25, 0.3) is 0 Å². The van der Waals surface area contributed by atoms with E-state index in [2.05, 4.69) is 9.17 Å². The summed E-state index contributed by atoms with van der Waals surface area (Å²) in [5, 5.41) is 1.79. The van der Waals surface area contributed by atoms with Gasteiger partial charge in [-0.25, -0.2) is 4.98 Å². The van der Waals surface area contributed by atoms with Crippen LogP contribution in [-0.2, 0) is 10.1 Å². The highest BCUT2D eigenvalue weighted by molar-refractivity contribution is 7.86. The largest absolute Gasteiger partial charge is 0.352 e. The lowest BCUT2D eigenvalue weighted by Gasteiger charge is -1.93. The molecule has 1 aromatic heterocycles. The third-order valence-electron chi connectivity index (χ3n) is 0.632. The maximum absolute atomic E-state index is 10.4. The predicted octanol–water partition coefficient (Wildman–Crippen LogP) is 0.482. The van der Waals surface area contributed by atoms with Gasteiger partial charge in [0.25, 0.3) is 5.19 Å². The van der Waals surface area contributed by atoms with E-state index in [1.54, 1.807) is 5.38 Å². The van der Waals surface area contributed by atoms with Gasteiger partial charge in [0.1, 0.15) is 0 Å².